The molecule has 0 spiro atoms. The van der Waals surface area contributed by atoms with Gasteiger partial charge in [0, 0.05) is 17.5 Å². The van der Waals surface area contributed by atoms with Gasteiger partial charge in [-0.1, -0.05) is 6.92 Å². The minimum atomic E-state index is -4.91. The Morgan fingerprint density at radius 2 is 2.00 bits per heavy atom. The number of hydrogen-bond donors (Lipinski definition) is 2. The van der Waals surface area contributed by atoms with Crippen LogP contribution >= 0.6 is 0 Å². The molecule has 2 atom stereocenters. The second-order valence-corrected chi connectivity index (χ2v) is 8.57. The molecule has 1 aliphatic rings. The second-order valence-electron chi connectivity index (χ2n) is 6.22. The van der Waals surface area contributed by atoms with E-state index in [9.17, 15) is 36.8 Å². The van der Waals surface area contributed by atoms with E-state index in [-0.39, 0.29) is 23.4 Å². The van der Waals surface area contributed by atoms with Crippen LogP contribution < -0.4 is 5.32 Å². The van der Waals surface area contributed by atoms with Gasteiger partial charge in [-0.05, 0) is 25.0 Å². The summed E-state index contributed by atoms with van der Waals surface area (Å²) in [5.41, 5.74) is -4.00. The molecule has 11 heteroatoms. The van der Waals surface area contributed by atoms with E-state index in [1.807, 2.05) is 0 Å². The summed E-state index contributed by atoms with van der Waals surface area (Å²) < 4.78 is 62.5. The third-order valence-corrected chi connectivity index (χ3v) is 6.08. The first-order chi connectivity index (χ1) is 11.3. The average Bonchev–Trinajstić information content (AvgIpc) is 2.87. The maximum absolute atomic E-state index is 13.0. The molecule has 1 aromatic rings. The summed E-state index contributed by atoms with van der Waals surface area (Å²) in [5.74, 6) is -0.761. The number of rotatable bonds is 5. The van der Waals surface area contributed by atoms with Crippen LogP contribution in [0, 0.1) is 10.1 Å². The van der Waals surface area contributed by atoms with Crippen molar-refractivity contribution < 1.29 is 31.6 Å². The van der Waals surface area contributed by atoms with E-state index >= 15 is 0 Å². The smallest absolute Gasteiger partial charge is 0.387 e. The molecule has 1 aliphatic heterocycles. The first kappa shape index (κ1) is 19.4. The van der Waals surface area contributed by atoms with Crippen LogP contribution in [0.2, 0.25) is 0 Å². The number of nitrogens with one attached hydrogen (secondary N) is 1. The van der Waals surface area contributed by atoms with Crippen molar-refractivity contribution in [2.24, 2.45) is 0 Å². The zero-order valence-corrected chi connectivity index (χ0v) is 14.2. The molecule has 1 unspecified atom stereocenters. The highest BCUT2D eigenvalue weighted by Crippen LogP contribution is 2.42. The highest BCUT2D eigenvalue weighted by molar-refractivity contribution is 7.91. The van der Waals surface area contributed by atoms with Crippen molar-refractivity contribution in [3.63, 3.8) is 0 Å². The Morgan fingerprint density at radius 1 is 1.40 bits per heavy atom. The topological polar surface area (TPSA) is 110 Å². The lowest BCUT2D eigenvalue weighted by atomic mass is 9.95. The van der Waals surface area contributed by atoms with Gasteiger partial charge in [0.25, 0.3) is 5.69 Å². The van der Waals surface area contributed by atoms with Gasteiger partial charge in [-0.3, -0.25) is 10.1 Å². The Kier molecular flexibility index (Phi) is 4.77. The van der Waals surface area contributed by atoms with Crippen molar-refractivity contribution in [1.29, 1.82) is 0 Å². The fraction of sp³-hybridized carbons (Fsp3) is 0.571. The number of nitro benzene ring substituents is 1. The average molecular weight is 382 g/mol. The fourth-order valence-corrected chi connectivity index (χ4v) is 4.09. The van der Waals surface area contributed by atoms with Gasteiger partial charge in [-0.2, -0.15) is 13.2 Å². The van der Waals surface area contributed by atoms with Gasteiger partial charge < -0.3 is 10.4 Å². The van der Waals surface area contributed by atoms with Gasteiger partial charge in [0.1, 0.15) is 5.56 Å². The summed E-state index contributed by atoms with van der Waals surface area (Å²) in [5, 5.41) is 24.1. The van der Waals surface area contributed by atoms with Gasteiger partial charge >= 0.3 is 6.18 Å². The lowest BCUT2D eigenvalue weighted by molar-refractivity contribution is -0.388. The molecule has 0 saturated carbocycles. The summed E-state index contributed by atoms with van der Waals surface area (Å²) in [6, 6.07) is 0.555. The van der Waals surface area contributed by atoms with Crippen LogP contribution in [0.25, 0.3) is 0 Å². The van der Waals surface area contributed by atoms with E-state index in [1.165, 1.54) is 13.8 Å². The number of anilines is 1. The Hall–Kier alpha value is -1.88. The number of nitro groups is 1. The van der Waals surface area contributed by atoms with Gasteiger partial charge in [-0.15, -0.1) is 0 Å². The number of benzene rings is 1. The van der Waals surface area contributed by atoms with Gasteiger partial charge in [0.15, 0.2) is 9.84 Å². The van der Waals surface area contributed by atoms with Crippen molar-refractivity contribution in [2.45, 2.75) is 38.1 Å². The lowest BCUT2D eigenvalue weighted by Crippen LogP contribution is -2.48. The molecule has 1 aromatic carbocycles. The van der Waals surface area contributed by atoms with Crippen molar-refractivity contribution in [1.82, 2.24) is 0 Å². The second kappa shape index (κ2) is 6.13. The molecule has 0 fully saturated rings. The van der Waals surface area contributed by atoms with E-state index < -0.39 is 49.6 Å². The highest BCUT2D eigenvalue weighted by Gasteiger charge is 2.43. The van der Waals surface area contributed by atoms with Gasteiger partial charge in [0.05, 0.1) is 22.3 Å². The van der Waals surface area contributed by atoms with E-state index in [4.69, 9.17) is 0 Å². The zero-order valence-electron chi connectivity index (χ0n) is 13.4. The van der Waals surface area contributed by atoms with Gasteiger partial charge in [0.2, 0.25) is 0 Å². The largest absolute Gasteiger partial charge is 0.423 e. The molecule has 0 saturated heterocycles. The highest BCUT2D eigenvalue weighted by atomic mass is 32.2. The minimum Gasteiger partial charge on any atom is -0.387 e. The minimum absolute atomic E-state index is 0.00269. The fourth-order valence-electron chi connectivity index (χ4n) is 2.79. The summed E-state index contributed by atoms with van der Waals surface area (Å²) in [6.45, 7) is 2.68. The predicted octanol–water partition coefficient (Wildman–Crippen LogP) is 2.14. The maximum Gasteiger partial charge on any atom is 0.423 e. The molecule has 0 aromatic heterocycles. The molecule has 7 nitrogen and oxygen atoms in total. The first-order valence-corrected chi connectivity index (χ1v) is 9.17. The predicted molar refractivity (Wildman–Crippen MR) is 84.2 cm³/mol. The van der Waals surface area contributed by atoms with Crippen LogP contribution in [0.15, 0.2) is 12.1 Å². The van der Waals surface area contributed by atoms with Crippen LogP contribution in [0.4, 0.5) is 24.5 Å². The number of fused-ring (bicyclic) bond motifs is 1. The van der Waals surface area contributed by atoms with E-state index in [2.05, 4.69) is 5.32 Å². The molecule has 2 N–H and O–H groups in total. The Labute approximate surface area is 141 Å². The number of alkyl halides is 3. The third-order valence-electron chi connectivity index (χ3n) is 4.18. The number of halogens is 3. The molecule has 25 heavy (non-hydrogen) atoms. The molecule has 140 valence electrons. The van der Waals surface area contributed by atoms with E-state index in [0.717, 1.165) is 6.07 Å². The Bertz CT molecular complexity index is 805. The zero-order chi connectivity index (χ0) is 19.2. The van der Waals surface area contributed by atoms with Gasteiger partial charge in [-0.25, -0.2) is 8.42 Å². The molecular formula is C14H17F3N2O5S. The number of sulfone groups is 1. The summed E-state index contributed by atoms with van der Waals surface area (Å²) in [6.07, 6.45) is -4.94. The van der Waals surface area contributed by atoms with Crippen LogP contribution in [0.3, 0.4) is 0 Å². The van der Waals surface area contributed by atoms with Crippen molar-refractivity contribution in [2.75, 3.05) is 16.8 Å². The van der Waals surface area contributed by atoms with Crippen LogP contribution in [0.5, 0.6) is 0 Å². The quantitative estimate of drug-likeness (QED) is 0.596. The number of hydrogen-bond acceptors (Lipinski definition) is 6. The molecule has 2 rings (SSSR count). The molecule has 0 bridgehead atoms. The number of aliphatic hydroxyl groups is 1. The molecule has 0 amide bonds. The normalized spacial score (nSPS) is 19.8. The van der Waals surface area contributed by atoms with Crippen LogP contribution in [0.1, 0.15) is 25.0 Å². The first-order valence-electron chi connectivity index (χ1n) is 7.34. The van der Waals surface area contributed by atoms with Crippen molar-refractivity contribution in [3.8, 4) is 0 Å². The molecule has 0 radical (unpaired) electrons. The molecule has 0 aliphatic carbocycles. The standard InChI is InChI=1S/C14H17F3N2O5S/c1-3-25(23,24)7-13(2,20)12-5-8-4-11(19(21)22)9(14(15,16)17)6-10(8)18-12/h4,6,12,18,20H,3,5,7H2,1-2H3/t12?,13-/m0/s1. The number of nitrogens with zero attached hydrogens (tertiary/aromatic N) is 1. The van der Waals surface area contributed by atoms with E-state index in [0.29, 0.717) is 6.07 Å². The Balaban J connectivity index is 2.39. The summed E-state index contributed by atoms with van der Waals surface area (Å²) in [4.78, 5) is 9.81. The van der Waals surface area contributed by atoms with Crippen LogP contribution in [-0.2, 0) is 22.4 Å². The molecule has 1 heterocycles. The van der Waals surface area contributed by atoms with Crippen LogP contribution in [-0.4, -0.2) is 41.6 Å². The maximum atomic E-state index is 13.0. The SMILES string of the molecule is CCS(=O)(=O)C[C@](C)(O)C1Cc2cc([N+](=O)[O-])c(C(F)(F)F)cc2N1. The third kappa shape index (κ3) is 4.03. The van der Waals surface area contributed by atoms with E-state index in [1.54, 1.807) is 0 Å². The van der Waals surface area contributed by atoms with Crippen molar-refractivity contribution >= 4 is 21.2 Å². The summed E-state index contributed by atoms with van der Waals surface area (Å²) in [7, 11) is -3.53. The lowest BCUT2D eigenvalue weighted by Gasteiger charge is -2.30. The van der Waals surface area contributed by atoms with Crippen molar-refractivity contribution in [3.05, 3.63) is 33.4 Å². The Morgan fingerprint density at radius 3 is 2.48 bits per heavy atom. The summed E-state index contributed by atoms with van der Waals surface area (Å²) >= 11 is 0. The molecular weight excluding hydrogens is 365 g/mol. The monoisotopic (exact) mass is 382 g/mol.